The number of likely N-dealkylation sites (N-methyl/N-ethyl adjacent to an activating group) is 1. The van der Waals surface area contributed by atoms with Crippen LogP contribution in [0.2, 0.25) is 0 Å². The molecule has 0 bridgehead atoms. The molecule has 1 unspecified atom stereocenters. The molecular weight excluding hydrogens is 200 g/mol. The van der Waals surface area contributed by atoms with Crippen molar-refractivity contribution in [1.29, 1.82) is 0 Å². The molecule has 0 saturated carbocycles. The molecule has 1 N–H and O–H groups in total. The van der Waals surface area contributed by atoms with Gasteiger partial charge >= 0.3 is 0 Å². The van der Waals surface area contributed by atoms with E-state index in [1.807, 2.05) is 6.20 Å². The van der Waals surface area contributed by atoms with E-state index in [-0.39, 0.29) is 0 Å². The molecule has 0 aliphatic rings. The van der Waals surface area contributed by atoms with E-state index in [1.54, 1.807) is 0 Å². The molecular formula is C12H24N4. The van der Waals surface area contributed by atoms with E-state index >= 15 is 0 Å². The molecule has 1 atom stereocenters. The predicted octanol–water partition coefficient (Wildman–Crippen LogP) is 1.33. The van der Waals surface area contributed by atoms with Crippen LogP contribution in [0.3, 0.4) is 0 Å². The summed E-state index contributed by atoms with van der Waals surface area (Å²) in [5.74, 6) is 1.13. The van der Waals surface area contributed by atoms with E-state index in [2.05, 4.69) is 53.9 Å². The van der Waals surface area contributed by atoms with Crippen molar-refractivity contribution < 1.29 is 0 Å². The van der Waals surface area contributed by atoms with Gasteiger partial charge in [0, 0.05) is 31.5 Å². The van der Waals surface area contributed by atoms with Gasteiger partial charge in [0.2, 0.25) is 0 Å². The van der Waals surface area contributed by atoms with E-state index in [0.29, 0.717) is 6.04 Å². The number of rotatable bonds is 7. The van der Waals surface area contributed by atoms with Crippen molar-refractivity contribution in [3.8, 4) is 0 Å². The summed E-state index contributed by atoms with van der Waals surface area (Å²) in [4.78, 5) is 6.56. The fourth-order valence-corrected chi connectivity index (χ4v) is 1.83. The average molecular weight is 224 g/mol. The van der Waals surface area contributed by atoms with Crippen LogP contribution in [0.4, 0.5) is 0 Å². The number of nitrogens with zero attached hydrogens (tertiary/aromatic N) is 3. The number of nitrogens with one attached hydrogen (secondary N) is 1. The molecule has 0 fully saturated rings. The molecule has 92 valence electrons. The Morgan fingerprint density at radius 3 is 2.88 bits per heavy atom. The van der Waals surface area contributed by atoms with Crippen LogP contribution in [-0.2, 0) is 13.1 Å². The Bertz CT molecular complexity index is 293. The van der Waals surface area contributed by atoms with Crippen LogP contribution in [0.1, 0.15) is 26.1 Å². The third-order valence-electron chi connectivity index (χ3n) is 2.51. The van der Waals surface area contributed by atoms with Crippen molar-refractivity contribution in [2.75, 3.05) is 20.6 Å². The highest BCUT2D eigenvalue weighted by Crippen LogP contribution is 1.99. The molecule has 1 heterocycles. The number of hydrogen-bond donors (Lipinski definition) is 1. The van der Waals surface area contributed by atoms with Gasteiger partial charge in [0.25, 0.3) is 0 Å². The number of imidazole rings is 1. The summed E-state index contributed by atoms with van der Waals surface area (Å²) in [5.41, 5.74) is 0. The molecule has 0 radical (unpaired) electrons. The second kappa shape index (κ2) is 6.66. The van der Waals surface area contributed by atoms with Gasteiger partial charge in [-0.05, 0) is 27.4 Å². The third kappa shape index (κ3) is 4.33. The van der Waals surface area contributed by atoms with Gasteiger partial charge in [0.15, 0.2) is 0 Å². The maximum Gasteiger partial charge on any atom is 0.122 e. The van der Waals surface area contributed by atoms with Crippen LogP contribution < -0.4 is 5.32 Å². The first-order chi connectivity index (χ1) is 7.63. The second-order valence-corrected chi connectivity index (χ2v) is 4.58. The van der Waals surface area contributed by atoms with Gasteiger partial charge in [0.1, 0.15) is 5.82 Å². The second-order valence-electron chi connectivity index (χ2n) is 4.58. The first-order valence-electron chi connectivity index (χ1n) is 6.01. The first kappa shape index (κ1) is 13.2. The zero-order valence-electron chi connectivity index (χ0n) is 10.9. The molecule has 0 aromatic carbocycles. The van der Waals surface area contributed by atoms with Gasteiger partial charge in [-0.15, -0.1) is 0 Å². The van der Waals surface area contributed by atoms with Gasteiger partial charge in [-0.1, -0.05) is 6.92 Å². The van der Waals surface area contributed by atoms with Crippen LogP contribution in [0.15, 0.2) is 12.4 Å². The van der Waals surface area contributed by atoms with Crippen molar-refractivity contribution in [2.24, 2.45) is 0 Å². The summed E-state index contributed by atoms with van der Waals surface area (Å²) in [6.07, 6.45) is 5.08. The van der Waals surface area contributed by atoms with Crippen molar-refractivity contribution in [3.63, 3.8) is 0 Å². The molecule has 1 aromatic rings. The lowest BCUT2D eigenvalue weighted by atomic mass is 10.3. The Morgan fingerprint density at radius 2 is 2.25 bits per heavy atom. The number of hydrogen-bond acceptors (Lipinski definition) is 3. The van der Waals surface area contributed by atoms with Crippen LogP contribution in [-0.4, -0.2) is 41.1 Å². The Balaban J connectivity index is 2.38. The van der Waals surface area contributed by atoms with E-state index in [0.717, 1.165) is 31.9 Å². The number of aryl methyl sites for hydroxylation is 1. The van der Waals surface area contributed by atoms with E-state index in [1.165, 1.54) is 0 Å². The fourth-order valence-electron chi connectivity index (χ4n) is 1.83. The summed E-state index contributed by atoms with van der Waals surface area (Å²) in [7, 11) is 4.19. The first-order valence-corrected chi connectivity index (χ1v) is 6.01. The Labute approximate surface area is 98.7 Å². The zero-order valence-corrected chi connectivity index (χ0v) is 10.9. The van der Waals surface area contributed by atoms with Gasteiger partial charge in [0.05, 0.1) is 6.54 Å². The summed E-state index contributed by atoms with van der Waals surface area (Å²) >= 11 is 0. The third-order valence-corrected chi connectivity index (χ3v) is 2.51. The normalized spacial score (nSPS) is 13.3. The molecule has 0 amide bonds. The lowest BCUT2D eigenvalue weighted by Crippen LogP contribution is -2.35. The van der Waals surface area contributed by atoms with Crippen molar-refractivity contribution >= 4 is 0 Å². The number of aromatic nitrogens is 2. The highest BCUT2D eigenvalue weighted by Gasteiger charge is 2.05. The minimum absolute atomic E-state index is 0.488. The van der Waals surface area contributed by atoms with Crippen molar-refractivity contribution in [1.82, 2.24) is 19.8 Å². The van der Waals surface area contributed by atoms with Crippen molar-refractivity contribution in [2.45, 2.75) is 39.4 Å². The highest BCUT2D eigenvalue weighted by atomic mass is 15.1. The lowest BCUT2D eigenvalue weighted by Gasteiger charge is -2.18. The summed E-state index contributed by atoms with van der Waals surface area (Å²) in [6, 6.07) is 0.488. The minimum atomic E-state index is 0.488. The minimum Gasteiger partial charge on any atom is -0.334 e. The summed E-state index contributed by atoms with van der Waals surface area (Å²) in [6.45, 7) is 7.34. The van der Waals surface area contributed by atoms with E-state index in [9.17, 15) is 0 Å². The van der Waals surface area contributed by atoms with Crippen molar-refractivity contribution in [3.05, 3.63) is 18.2 Å². The van der Waals surface area contributed by atoms with Crippen LogP contribution in [0.5, 0.6) is 0 Å². The molecule has 0 aliphatic carbocycles. The molecule has 0 spiro atoms. The smallest absolute Gasteiger partial charge is 0.122 e. The zero-order chi connectivity index (χ0) is 12.0. The molecule has 1 rings (SSSR count). The van der Waals surface area contributed by atoms with Gasteiger partial charge in [-0.3, -0.25) is 0 Å². The molecule has 4 heteroatoms. The Hall–Kier alpha value is -0.870. The lowest BCUT2D eigenvalue weighted by molar-refractivity contribution is 0.346. The summed E-state index contributed by atoms with van der Waals surface area (Å²) < 4.78 is 2.22. The largest absolute Gasteiger partial charge is 0.334 e. The maximum atomic E-state index is 4.37. The Kier molecular flexibility index (Phi) is 5.49. The van der Waals surface area contributed by atoms with Gasteiger partial charge in [-0.25, -0.2) is 4.98 Å². The maximum absolute atomic E-state index is 4.37. The molecule has 4 nitrogen and oxygen atoms in total. The molecule has 1 aromatic heterocycles. The molecule has 0 saturated heterocycles. The topological polar surface area (TPSA) is 33.1 Å². The van der Waals surface area contributed by atoms with Gasteiger partial charge < -0.3 is 14.8 Å². The van der Waals surface area contributed by atoms with Crippen LogP contribution in [0, 0.1) is 0 Å². The van der Waals surface area contributed by atoms with Crippen LogP contribution >= 0.6 is 0 Å². The highest BCUT2D eigenvalue weighted by molar-refractivity contribution is 4.92. The summed E-state index contributed by atoms with van der Waals surface area (Å²) in [5, 5.41) is 3.49. The fraction of sp³-hybridized carbons (Fsp3) is 0.750. The Morgan fingerprint density at radius 1 is 1.50 bits per heavy atom. The SMILES string of the molecule is CCCn1ccnc1CNC(C)CN(C)C. The average Bonchev–Trinajstić information content (AvgIpc) is 2.62. The van der Waals surface area contributed by atoms with Gasteiger partial charge in [-0.2, -0.15) is 0 Å². The molecule has 16 heavy (non-hydrogen) atoms. The van der Waals surface area contributed by atoms with Crippen LogP contribution in [0.25, 0.3) is 0 Å². The molecule has 0 aliphatic heterocycles. The monoisotopic (exact) mass is 224 g/mol. The predicted molar refractivity (Wildman–Crippen MR) is 67.4 cm³/mol. The quantitative estimate of drug-likeness (QED) is 0.758. The van der Waals surface area contributed by atoms with E-state index in [4.69, 9.17) is 0 Å². The standard InChI is InChI=1S/C12H24N4/c1-5-7-16-8-6-13-12(16)9-14-11(2)10-15(3)4/h6,8,11,14H,5,7,9-10H2,1-4H3. The van der Waals surface area contributed by atoms with E-state index < -0.39 is 0 Å².